The Bertz CT molecular complexity index is 1140. The quantitative estimate of drug-likeness (QED) is 0.290. The number of methoxy groups -OCH3 is 1. The summed E-state index contributed by atoms with van der Waals surface area (Å²) in [4.78, 5) is 38.9. The summed E-state index contributed by atoms with van der Waals surface area (Å²) >= 11 is 12.6. The van der Waals surface area contributed by atoms with Gasteiger partial charge in [-0.3, -0.25) is 14.4 Å². The van der Waals surface area contributed by atoms with E-state index in [0.717, 1.165) is 49.7 Å². The van der Waals surface area contributed by atoms with E-state index < -0.39 is 6.04 Å². The van der Waals surface area contributed by atoms with Crippen LogP contribution in [0.2, 0.25) is 10.0 Å². The Kier molecular flexibility index (Phi) is 10.0. The van der Waals surface area contributed by atoms with E-state index in [9.17, 15) is 14.4 Å². The van der Waals surface area contributed by atoms with E-state index in [-0.39, 0.29) is 50.3 Å². The third-order valence-electron chi connectivity index (χ3n) is 7.55. The van der Waals surface area contributed by atoms with Gasteiger partial charge in [0.2, 0.25) is 5.91 Å². The van der Waals surface area contributed by atoms with Crippen molar-refractivity contribution in [2.45, 2.75) is 85.1 Å². The number of benzene rings is 2. The van der Waals surface area contributed by atoms with E-state index in [0.29, 0.717) is 12.2 Å². The fourth-order valence-electron chi connectivity index (χ4n) is 5.10. The van der Waals surface area contributed by atoms with E-state index in [1.54, 1.807) is 12.1 Å². The van der Waals surface area contributed by atoms with Gasteiger partial charge in [-0.15, -0.1) is 0 Å². The number of hydrogen-bond acceptors (Lipinski definition) is 4. The molecule has 1 amide bonds. The van der Waals surface area contributed by atoms with E-state index >= 15 is 0 Å². The monoisotopic (exact) mass is 559 g/mol. The topological polar surface area (TPSA) is 72.5 Å². The van der Waals surface area contributed by atoms with Gasteiger partial charge >= 0.3 is 0 Å². The fraction of sp³-hybridized carbons (Fsp3) is 0.516. The first-order valence-corrected chi connectivity index (χ1v) is 14.0. The maximum atomic E-state index is 13.5. The Labute approximate surface area is 236 Å². The van der Waals surface area contributed by atoms with E-state index in [1.165, 1.54) is 14.0 Å². The van der Waals surface area contributed by atoms with Crippen molar-refractivity contribution in [1.29, 1.82) is 0 Å². The number of ketones is 2. The molecule has 0 heterocycles. The van der Waals surface area contributed by atoms with Crippen molar-refractivity contribution in [3.8, 4) is 5.75 Å². The molecule has 0 radical (unpaired) electrons. The Morgan fingerprint density at radius 2 is 1.55 bits per heavy atom. The highest BCUT2D eigenvalue weighted by molar-refractivity contribution is 6.40. The van der Waals surface area contributed by atoms with Crippen LogP contribution < -0.4 is 10.1 Å². The minimum atomic E-state index is -0.584. The SMILES string of the molecule is COc1cc(Cl)c(C(=O)Cc2ccc(C[C@H](NC(=O)C3(CCC(C)(C)C)CCCC3)C(C)=O)cc2)c(Cl)c1. The van der Waals surface area contributed by atoms with Crippen LogP contribution in [0.4, 0.5) is 0 Å². The molecule has 0 unspecified atom stereocenters. The molecule has 2 aromatic rings. The summed E-state index contributed by atoms with van der Waals surface area (Å²) in [6.07, 6.45) is 6.21. The van der Waals surface area contributed by atoms with Crippen LogP contribution in [-0.4, -0.2) is 30.6 Å². The van der Waals surface area contributed by atoms with Crippen molar-refractivity contribution in [3.63, 3.8) is 0 Å². The standard InChI is InChI=1S/C31H39Cl2NO4/c1-20(35)26(34-29(37)31(12-6-7-13-31)15-14-30(2,3)4)16-21-8-10-22(11-9-21)17-27(36)28-24(32)18-23(38-5)19-25(28)33/h8-11,18-19,26H,6-7,12-17H2,1-5H3,(H,34,37)/t26-/m0/s1. The first-order valence-electron chi connectivity index (χ1n) is 13.3. The number of amides is 1. The lowest BCUT2D eigenvalue weighted by Gasteiger charge is -2.32. The Morgan fingerprint density at radius 3 is 2.05 bits per heavy atom. The summed E-state index contributed by atoms with van der Waals surface area (Å²) in [6, 6.07) is 10.1. The molecule has 7 heteroatoms. The number of Topliss-reactive ketones (excluding diaryl/α,β-unsaturated/α-hetero) is 2. The van der Waals surface area contributed by atoms with Crippen molar-refractivity contribution in [3.05, 3.63) is 63.1 Å². The summed E-state index contributed by atoms with van der Waals surface area (Å²) in [6.45, 7) is 8.12. The largest absolute Gasteiger partial charge is 0.497 e. The highest BCUT2D eigenvalue weighted by Crippen LogP contribution is 2.44. The molecule has 0 aromatic heterocycles. The van der Waals surface area contributed by atoms with Crippen LogP contribution in [-0.2, 0) is 22.4 Å². The molecule has 1 aliphatic carbocycles. The molecular formula is C31H39Cl2NO4. The average molecular weight is 561 g/mol. The third-order valence-corrected chi connectivity index (χ3v) is 8.15. The van der Waals surface area contributed by atoms with Gasteiger partial charge in [0.1, 0.15) is 5.75 Å². The molecule has 1 saturated carbocycles. The third kappa shape index (κ3) is 7.83. The predicted octanol–water partition coefficient (Wildman–Crippen LogP) is 7.43. The van der Waals surface area contributed by atoms with Crippen LogP contribution in [0.25, 0.3) is 0 Å². The van der Waals surface area contributed by atoms with Gasteiger partial charge < -0.3 is 10.1 Å². The lowest BCUT2D eigenvalue weighted by Crippen LogP contribution is -2.48. The van der Waals surface area contributed by atoms with Gasteiger partial charge in [0.15, 0.2) is 11.6 Å². The number of carbonyl (C=O) groups is 3. The molecule has 5 nitrogen and oxygen atoms in total. The number of halogens is 2. The molecule has 0 bridgehead atoms. The van der Waals surface area contributed by atoms with Crippen LogP contribution in [0, 0.1) is 10.8 Å². The first kappa shape index (κ1) is 30.2. The van der Waals surface area contributed by atoms with Crippen molar-refractivity contribution in [1.82, 2.24) is 5.32 Å². The van der Waals surface area contributed by atoms with Crippen molar-refractivity contribution >= 4 is 40.7 Å². The molecule has 206 valence electrons. The number of rotatable bonds is 11. The number of nitrogens with one attached hydrogen (secondary N) is 1. The van der Waals surface area contributed by atoms with Gasteiger partial charge in [-0.05, 0) is 67.7 Å². The summed E-state index contributed by atoms with van der Waals surface area (Å²) in [5.41, 5.74) is 1.76. The second kappa shape index (κ2) is 12.7. The first-order chi connectivity index (χ1) is 17.8. The number of hydrogen-bond donors (Lipinski definition) is 1. The van der Waals surface area contributed by atoms with Gasteiger partial charge in [-0.25, -0.2) is 0 Å². The maximum Gasteiger partial charge on any atom is 0.226 e. The van der Waals surface area contributed by atoms with Gasteiger partial charge in [-0.1, -0.05) is 81.1 Å². The average Bonchev–Trinajstić information content (AvgIpc) is 3.33. The van der Waals surface area contributed by atoms with E-state index in [4.69, 9.17) is 27.9 Å². The zero-order chi connectivity index (χ0) is 28.1. The summed E-state index contributed by atoms with van der Waals surface area (Å²) in [5, 5.41) is 3.59. The Morgan fingerprint density at radius 1 is 1.00 bits per heavy atom. The Balaban J connectivity index is 1.67. The molecule has 3 rings (SSSR count). The predicted molar refractivity (Wildman–Crippen MR) is 153 cm³/mol. The second-order valence-corrected chi connectivity index (χ2v) is 12.6. The highest BCUT2D eigenvalue weighted by Gasteiger charge is 2.42. The lowest BCUT2D eigenvalue weighted by atomic mass is 9.75. The molecule has 1 N–H and O–H groups in total. The molecule has 1 atom stereocenters. The van der Waals surface area contributed by atoms with Crippen LogP contribution >= 0.6 is 23.2 Å². The fourth-order valence-corrected chi connectivity index (χ4v) is 5.78. The van der Waals surface area contributed by atoms with Crippen LogP contribution in [0.1, 0.15) is 87.7 Å². The minimum absolute atomic E-state index is 0.00918. The summed E-state index contributed by atoms with van der Waals surface area (Å²) in [5.74, 6) is 0.239. The molecule has 2 aromatic carbocycles. The van der Waals surface area contributed by atoms with E-state index in [2.05, 4.69) is 26.1 Å². The zero-order valence-corrected chi connectivity index (χ0v) is 24.6. The maximum absolute atomic E-state index is 13.5. The normalized spacial score (nSPS) is 15.7. The zero-order valence-electron chi connectivity index (χ0n) is 23.1. The van der Waals surface area contributed by atoms with Crippen molar-refractivity contribution < 1.29 is 19.1 Å². The Hall–Kier alpha value is -2.37. The molecule has 0 aliphatic heterocycles. The van der Waals surface area contributed by atoms with Crippen molar-refractivity contribution in [2.75, 3.05) is 7.11 Å². The summed E-state index contributed by atoms with van der Waals surface area (Å²) in [7, 11) is 1.51. The molecule has 0 spiro atoms. The number of ether oxygens (including phenoxy) is 1. The molecular weight excluding hydrogens is 521 g/mol. The minimum Gasteiger partial charge on any atom is -0.497 e. The molecule has 1 fully saturated rings. The smallest absolute Gasteiger partial charge is 0.226 e. The molecule has 1 aliphatic rings. The van der Waals surface area contributed by atoms with Gasteiger partial charge in [-0.2, -0.15) is 0 Å². The van der Waals surface area contributed by atoms with Gasteiger partial charge in [0.05, 0.1) is 28.8 Å². The number of carbonyl (C=O) groups excluding carboxylic acids is 3. The molecule has 38 heavy (non-hydrogen) atoms. The van der Waals surface area contributed by atoms with Crippen LogP contribution in [0.5, 0.6) is 5.75 Å². The van der Waals surface area contributed by atoms with Gasteiger partial charge in [0.25, 0.3) is 0 Å². The van der Waals surface area contributed by atoms with Crippen LogP contribution in [0.15, 0.2) is 36.4 Å². The second-order valence-electron chi connectivity index (χ2n) is 11.8. The van der Waals surface area contributed by atoms with Gasteiger partial charge in [0, 0.05) is 11.8 Å². The van der Waals surface area contributed by atoms with Crippen LogP contribution in [0.3, 0.4) is 0 Å². The highest BCUT2D eigenvalue weighted by atomic mass is 35.5. The van der Waals surface area contributed by atoms with Crippen molar-refractivity contribution in [2.24, 2.45) is 10.8 Å². The lowest BCUT2D eigenvalue weighted by molar-refractivity contribution is -0.134. The van der Waals surface area contributed by atoms with E-state index in [1.807, 2.05) is 24.3 Å². The molecule has 0 saturated heterocycles. The summed E-state index contributed by atoms with van der Waals surface area (Å²) < 4.78 is 5.14.